The van der Waals surface area contributed by atoms with Gasteiger partial charge in [0.2, 0.25) is 5.91 Å². The van der Waals surface area contributed by atoms with E-state index >= 15 is 0 Å². The second kappa shape index (κ2) is 10.3. The first kappa shape index (κ1) is 22.6. The minimum Gasteiger partial charge on any atom is -0.478 e. The Hall–Kier alpha value is -3.61. The predicted octanol–water partition coefficient (Wildman–Crippen LogP) is 3.70. The molecule has 4 rings (SSSR count). The zero-order valence-electron chi connectivity index (χ0n) is 18.3. The van der Waals surface area contributed by atoms with Crippen LogP contribution in [-0.4, -0.2) is 42.8 Å². The molecule has 0 spiro atoms. The Bertz CT molecular complexity index is 1010. The molecule has 0 radical (unpaired) electrons. The molecular weight excluding hydrogens is 420 g/mol. The van der Waals surface area contributed by atoms with Gasteiger partial charge in [-0.1, -0.05) is 54.6 Å². The third kappa shape index (κ3) is 5.80. The second-order valence-electron chi connectivity index (χ2n) is 8.55. The number of nitrogens with one attached hydrogen (secondary N) is 2. The number of amides is 2. The number of carbonyl (C=O) groups is 3. The summed E-state index contributed by atoms with van der Waals surface area (Å²) in [5, 5.41) is 14.1. The van der Waals surface area contributed by atoms with Crippen LogP contribution in [0.5, 0.6) is 0 Å². The number of alkyl carbamates (subject to hydrolysis) is 1. The summed E-state index contributed by atoms with van der Waals surface area (Å²) in [6, 6.07) is 16.4. The minimum absolute atomic E-state index is 0.00649. The maximum absolute atomic E-state index is 12.4. The van der Waals surface area contributed by atoms with Gasteiger partial charge < -0.3 is 20.5 Å². The highest BCUT2D eigenvalue weighted by atomic mass is 16.5. The van der Waals surface area contributed by atoms with E-state index in [2.05, 4.69) is 34.9 Å². The largest absolute Gasteiger partial charge is 0.478 e. The molecule has 3 N–H and O–H groups in total. The first-order chi connectivity index (χ1) is 16.0. The summed E-state index contributed by atoms with van der Waals surface area (Å²) in [7, 11) is 0. The molecule has 2 aliphatic rings. The molecule has 0 saturated heterocycles. The molecule has 0 bridgehead atoms. The van der Waals surface area contributed by atoms with Crippen molar-refractivity contribution in [1.29, 1.82) is 0 Å². The van der Waals surface area contributed by atoms with E-state index < -0.39 is 12.1 Å². The summed E-state index contributed by atoms with van der Waals surface area (Å²) in [5.41, 5.74) is 4.69. The van der Waals surface area contributed by atoms with Crippen molar-refractivity contribution in [2.75, 3.05) is 19.7 Å². The molecule has 172 valence electrons. The van der Waals surface area contributed by atoms with Crippen molar-refractivity contribution < 1.29 is 24.2 Å². The van der Waals surface area contributed by atoms with Crippen molar-refractivity contribution in [2.24, 2.45) is 11.8 Å². The number of fused-ring (bicyclic) bond motifs is 3. The number of carboxylic acid groups (broad SMARTS) is 1. The van der Waals surface area contributed by atoms with E-state index in [9.17, 15) is 14.4 Å². The van der Waals surface area contributed by atoms with Crippen molar-refractivity contribution in [1.82, 2.24) is 10.6 Å². The molecule has 2 aromatic carbocycles. The van der Waals surface area contributed by atoms with E-state index in [0.717, 1.165) is 30.0 Å². The second-order valence-corrected chi connectivity index (χ2v) is 8.55. The quantitative estimate of drug-likeness (QED) is 0.481. The minimum atomic E-state index is -1.05. The van der Waals surface area contributed by atoms with Crippen LogP contribution in [0.3, 0.4) is 0 Å². The Morgan fingerprint density at radius 3 is 2.24 bits per heavy atom. The van der Waals surface area contributed by atoms with Gasteiger partial charge in [-0.3, -0.25) is 4.79 Å². The highest BCUT2D eigenvalue weighted by molar-refractivity contribution is 5.80. The number of rotatable bonds is 10. The van der Waals surface area contributed by atoms with Gasteiger partial charge in [-0.25, -0.2) is 9.59 Å². The normalized spacial score (nSPS) is 15.5. The zero-order valence-corrected chi connectivity index (χ0v) is 18.3. The van der Waals surface area contributed by atoms with Gasteiger partial charge in [-0.15, -0.1) is 0 Å². The van der Waals surface area contributed by atoms with Crippen molar-refractivity contribution in [2.45, 2.75) is 25.2 Å². The first-order valence-corrected chi connectivity index (χ1v) is 11.3. The molecular formula is C26H28N2O5. The topological polar surface area (TPSA) is 105 Å². The lowest BCUT2D eigenvalue weighted by molar-refractivity contribution is -0.131. The third-order valence-corrected chi connectivity index (χ3v) is 6.27. The van der Waals surface area contributed by atoms with E-state index in [4.69, 9.17) is 9.84 Å². The monoisotopic (exact) mass is 448 g/mol. The van der Waals surface area contributed by atoms with Crippen LogP contribution < -0.4 is 10.6 Å². The van der Waals surface area contributed by atoms with E-state index in [1.54, 1.807) is 0 Å². The molecule has 0 aromatic heterocycles. The molecule has 7 heteroatoms. The Morgan fingerprint density at radius 2 is 1.64 bits per heavy atom. The highest BCUT2D eigenvalue weighted by Gasteiger charge is 2.33. The molecule has 2 aromatic rings. The fourth-order valence-corrected chi connectivity index (χ4v) is 4.48. The van der Waals surface area contributed by atoms with Crippen LogP contribution in [0.2, 0.25) is 0 Å². The average Bonchev–Trinajstić information content (AvgIpc) is 3.61. The Labute approximate surface area is 192 Å². The zero-order chi connectivity index (χ0) is 23.2. The maximum atomic E-state index is 12.4. The van der Waals surface area contributed by atoms with Crippen LogP contribution in [0, 0.1) is 11.8 Å². The number of hydrogen-bond acceptors (Lipinski definition) is 4. The Kier molecular flexibility index (Phi) is 7.07. The lowest BCUT2D eigenvalue weighted by Gasteiger charge is -2.18. The number of hydrogen-bond donors (Lipinski definition) is 3. The van der Waals surface area contributed by atoms with Crippen LogP contribution in [0.4, 0.5) is 4.79 Å². The van der Waals surface area contributed by atoms with E-state index in [-0.39, 0.29) is 37.3 Å². The van der Waals surface area contributed by atoms with Crippen LogP contribution in [-0.2, 0) is 14.3 Å². The molecule has 0 heterocycles. The molecule has 7 nitrogen and oxygen atoms in total. The summed E-state index contributed by atoms with van der Waals surface area (Å²) in [5.74, 6) is -0.746. The lowest BCUT2D eigenvalue weighted by Crippen LogP contribution is -2.34. The summed E-state index contributed by atoms with van der Waals surface area (Å²) in [4.78, 5) is 35.1. The van der Waals surface area contributed by atoms with Crippen LogP contribution in [0.15, 0.2) is 60.7 Å². The van der Waals surface area contributed by atoms with Gasteiger partial charge in [-0.2, -0.15) is 0 Å². The molecule has 1 saturated carbocycles. The Balaban J connectivity index is 1.27. The highest BCUT2D eigenvalue weighted by Crippen LogP contribution is 2.44. The molecule has 1 unspecified atom stereocenters. The summed E-state index contributed by atoms with van der Waals surface area (Å²) in [6.45, 7) is 0.798. The fourth-order valence-electron chi connectivity index (χ4n) is 4.48. The molecule has 1 fully saturated rings. The lowest BCUT2D eigenvalue weighted by atomic mass is 9.98. The van der Waals surface area contributed by atoms with Gasteiger partial charge in [0.15, 0.2) is 0 Å². The van der Waals surface area contributed by atoms with Crippen molar-refractivity contribution in [3.63, 3.8) is 0 Å². The molecule has 2 aliphatic carbocycles. The average molecular weight is 449 g/mol. The predicted molar refractivity (Wildman–Crippen MR) is 124 cm³/mol. The van der Waals surface area contributed by atoms with Crippen LogP contribution in [0.1, 0.15) is 36.3 Å². The maximum Gasteiger partial charge on any atom is 0.407 e. The van der Waals surface area contributed by atoms with Gasteiger partial charge in [0.25, 0.3) is 0 Å². The SMILES string of the molecule is O=C(O)/C=C/CNC(=O)CC(CNC(=O)OCC1c2ccccc2-c2ccccc21)C1CC1. The Morgan fingerprint density at radius 1 is 1.00 bits per heavy atom. The van der Waals surface area contributed by atoms with Gasteiger partial charge in [0.1, 0.15) is 6.61 Å². The van der Waals surface area contributed by atoms with E-state index in [0.29, 0.717) is 12.5 Å². The van der Waals surface area contributed by atoms with Crippen molar-refractivity contribution in [3.05, 3.63) is 71.8 Å². The smallest absolute Gasteiger partial charge is 0.407 e. The van der Waals surface area contributed by atoms with Crippen LogP contribution >= 0.6 is 0 Å². The summed E-state index contributed by atoms with van der Waals surface area (Å²) < 4.78 is 5.58. The van der Waals surface area contributed by atoms with Gasteiger partial charge >= 0.3 is 12.1 Å². The summed E-state index contributed by atoms with van der Waals surface area (Å²) in [6.07, 6.45) is 4.28. The van der Waals surface area contributed by atoms with E-state index in [1.807, 2.05) is 24.3 Å². The molecule has 2 amide bonds. The van der Waals surface area contributed by atoms with E-state index in [1.165, 1.54) is 17.2 Å². The number of aliphatic carboxylic acids is 1. The summed E-state index contributed by atoms with van der Waals surface area (Å²) >= 11 is 0. The van der Waals surface area contributed by atoms with Crippen LogP contribution in [0.25, 0.3) is 11.1 Å². The number of carboxylic acids is 1. The van der Waals surface area contributed by atoms with Crippen molar-refractivity contribution >= 4 is 18.0 Å². The molecule has 33 heavy (non-hydrogen) atoms. The fraction of sp³-hybridized carbons (Fsp3) is 0.346. The number of benzene rings is 2. The van der Waals surface area contributed by atoms with Gasteiger partial charge in [0, 0.05) is 31.5 Å². The standard InChI is InChI=1S/C26H28N2O5/c29-24(27-13-5-10-25(30)31)14-18(17-11-12-17)15-28-26(32)33-16-23-21-8-3-1-6-19(21)20-7-2-4-9-22(20)23/h1-10,17-18,23H,11-16H2,(H,27,29)(H,28,32)(H,30,31)/b10-5+. The van der Waals surface area contributed by atoms with Gasteiger partial charge in [0.05, 0.1) is 0 Å². The van der Waals surface area contributed by atoms with Crippen molar-refractivity contribution in [3.8, 4) is 11.1 Å². The molecule has 1 atom stereocenters. The first-order valence-electron chi connectivity index (χ1n) is 11.3. The third-order valence-electron chi connectivity index (χ3n) is 6.27. The number of ether oxygens (including phenoxy) is 1. The van der Waals surface area contributed by atoms with Gasteiger partial charge in [-0.05, 0) is 46.9 Å². The molecule has 0 aliphatic heterocycles. The number of carbonyl (C=O) groups excluding carboxylic acids is 2.